The van der Waals surface area contributed by atoms with Crippen LogP contribution in [-0.2, 0) is 4.57 Å². The zero-order chi connectivity index (χ0) is 38.3. The van der Waals surface area contributed by atoms with Crippen molar-refractivity contribution >= 4 is 51.6 Å². The standard InChI is InChI=1S/C26H28ClNO.C20H14.H3O4P/c1-3-28(4-2)19-20-29-24-17-15-22(16-18-24)25(21-11-7-5-8-12-21)26(27)23-13-9-6-10-14-23;1-3-11-17-15(7-1)9-5-13-19(17)20-14-6-10-16-8-2-4-12-18(16)20;1-5(2,3)4/h5-18H,3-4,19-20H2,1-2H3;1-14H;(H3,1,2,3,4)/b26-25-;;. The average molecular weight is 758 g/mol. The van der Waals surface area contributed by atoms with Crippen LogP contribution in [0.3, 0.4) is 0 Å². The van der Waals surface area contributed by atoms with Crippen LogP contribution in [0, 0.1) is 0 Å². The van der Waals surface area contributed by atoms with Crippen LogP contribution < -0.4 is 4.74 Å². The summed E-state index contributed by atoms with van der Waals surface area (Å²) in [6.45, 7) is 8.05. The Morgan fingerprint density at radius 2 is 0.963 bits per heavy atom. The van der Waals surface area contributed by atoms with Crippen molar-refractivity contribution in [3.8, 4) is 16.9 Å². The molecule has 0 fully saturated rings. The van der Waals surface area contributed by atoms with E-state index in [1.54, 1.807) is 0 Å². The summed E-state index contributed by atoms with van der Waals surface area (Å²) in [5, 5.41) is 5.94. The largest absolute Gasteiger partial charge is 0.492 e. The van der Waals surface area contributed by atoms with Crippen molar-refractivity contribution in [3.05, 3.63) is 187 Å². The molecule has 7 rings (SSSR count). The van der Waals surface area contributed by atoms with Gasteiger partial charge in [0.25, 0.3) is 0 Å². The number of hydrogen-bond donors (Lipinski definition) is 3. The van der Waals surface area contributed by atoms with Crippen LogP contribution in [0.5, 0.6) is 5.75 Å². The van der Waals surface area contributed by atoms with E-state index in [0.29, 0.717) is 6.61 Å². The van der Waals surface area contributed by atoms with E-state index in [4.69, 9.17) is 35.6 Å². The maximum Gasteiger partial charge on any atom is 0.466 e. The van der Waals surface area contributed by atoms with E-state index >= 15 is 0 Å². The van der Waals surface area contributed by atoms with E-state index in [0.717, 1.165) is 52.7 Å². The summed E-state index contributed by atoms with van der Waals surface area (Å²) >= 11 is 6.87. The predicted molar refractivity (Wildman–Crippen MR) is 226 cm³/mol. The lowest BCUT2D eigenvalue weighted by Crippen LogP contribution is -2.27. The van der Waals surface area contributed by atoms with Gasteiger partial charge in [-0.2, -0.15) is 0 Å². The Balaban J connectivity index is 0.000000193. The fourth-order valence-electron chi connectivity index (χ4n) is 6.22. The molecule has 0 saturated carbocycles. The van der Waals surface area contributed by atoms with Gasteiger partial charge in [-0.05, 0) is 74.6 Å². The highest BCUT2D eigenvalue weighted by molar-refractivity contribution is 7.45. The number of hydrogen-bond acceptors (Lipinski definition) is 3. The number of rotatable bonds is 10. The number of halogens is 1. The Bertz CT molecular complexity index is 2210. The first-order valence-corrected chi connectivity index (χ1v) is 19.8. The van der Waals surface area contributed by atoms with Crippen LogP contribution >= 0.6 is 19.4 Å². The molecular formula is C46H45ClNO5P. The highest BCUT2D eigenvalue weighted by atomic mass is 35.5. The van der Waals surface area contributed by atoms with Gasteiger partial charge in [-0.15, -0.1) is 0 Å². The minimum Gasteiger partial charge on any atom is -0.492 e. The molecule has 54 heavy (non-hydrogen) atoms. The van der Waals surface area contributed by atoms with E-state index in [1.165, 1.54) is 32.7 Å². The third-order valence-corrected chi connectivity index (χ3v) is 9.30. The summed E-state index contributed by atoms with van der Waals surface area (Å²) in [5.41, 5.74) is 6.80. The van der Waals surface area contributed by atoms with E-state index in [1.807, 2.05) is 60.7 Å². The van der Waals surface area contributed by atoms with Gasteiger partial charge in [0, 0.05) is 12.1 Å². The van der Waals surface area contributed by atoms with Crippen LogP contribution in [0.4, 0.5) is 0 Å². The minimum absolute atomic E-state index is 0.688. The lowest BCUT2D eigenvalue weighted by atomic mass is 9.94. The number of benzene rings is 7. The van der Waals surface area contributed by atoms with E-state index in [2.05, 4.69) is 128 Å². The van der Waals surface area contributed by atoms with Gasteiger partial charge in [-0.1, -0.05) is 183 Å². The maximum atomic E-state index is 8.88. The zero-order valence-electron chi connectivity index (χ0n) is 30.4. The van der Waals surface area contributed by atoms with Gasteiger partial charge in [0.05, 0.1) is 5.03 Å². The Kier molecular flexibility index (Phi) is 14.8. The Morgan fingerprint density at radius 1 is 0.556 bits per heavy atom. The van der Waals surface area contributed by atoms with Gasteiger partial charge in [0.15, 0.2) is 0 Å². The molecule has 0 aliphatic carbocycles. The van der Waals surface area contributed by atoms with E-state index in [-0.39, 0.29) is 0 Å². The molecule has 0 amide bonds. The molecule has 0 saturated heterocycles. The maximum absolute atomic E-state index is 8.88. The highest BCUT2D eigenvalue weighted by Gasteiger charge is 2.13. The quantitative estimate of drug-likeness (QED) is 0.0951. The summed E-state index contributed by atoms with van der Waals surface area (Å²) in [6, 6.07) is 58.8. The molecule has 3 N–H and O–H groups in total. The molecule has 0 radical (unpaired) electrons. The molecule has 0 bridgehead atoms. The van der Waals surface area contributed by atoms with E-state index < -0.39 is 7.82 Å². The topological polar surface area (TPSA) is 90.2 Å². The first-order chi connectivity index (χ1) is 26.2. The molecule has 276 valence electrons. The third-order valence-electron chi connectivity index (χ3n) is 8.89. The number of phosphoric acid groups is 1. The third kappa shape index (κ3) is 11.5. The van der Waals surface area contributed by atoms with Crippen LogP contribution in [0.2, 0.25) is 0 Å². The Labute approximate surface area is 322 Å². The SMILES string of the molecule is CCN(CC)CCOc1ccc(/C(=C(\Cl)c2ccccc2)c2ccccc2)cc1.O=P(O)(O)O.c1ccc2c(-c3cccc4ccccc34)cccc2c1. The van der Waals surface area contributed by atoms with Gasteiger partial charge in [-0.3, -0.25) is 0 Å². The highest BCUT2D eigenvalue weighted by Crippen LogP contribution is 2.36. The average Bonchev–Trinajstić information content (AvgIpc) is 3.20. The monoisotopic (exact) mass is 757 g/mol. The lowest BCUT2D eigenvalue weighted by Gasteiger charge is -2.18. The summed E-state index contributed by atoms with van der Waals surface area (Å²) < 4.78 is 14.8. The smallest absolute Gasteiger partial charge is 0.466 e. The number of ether oxygens (including phenoxy) is 1. The minimum atomic E-state index is -4.64. The summed E-state index contributed by atoms with van der Waals surface area (Å²) in [5.74, 6) is 0.879. The normalized spacial score (nSPS) is 11.6. The van der Waals surface area contributed by atoms with Gasteiger partial charge < -0.3 is 24.3 Å². The van der Waals surface area contributed by atoms with Crippen molar-refractivity contribution in [2.75, 3.05) is 26.2 Å². The molecule has 7 aromatic carbocycles. The lowest BCUT2D eigenvalue weighted by molar-refractivity contribution is 0.223. The van der Waals surface area contributed by atoms with Crippen LogP contribution in [-0.4, -0.2) is 45.8 Å². The molecule has 0 heterocycles. The van der Waals surface area contributed by atoms with Gasteiger partial charge in [0.1, 0.15) is 12.4 Å². The second-order valence-electron chi connectivity index (χ2n) is 12.4. The molecule has 0 spiro atoms. The summed E-state index contributed by atoms with van der Waals surface area (Å²) in [6.07, 6.45) is 0. The van der Waals surface area contributed by atoms with Gasteiger partial charge in [-0.25, -0.2) is 4.57 Å². The summed E-state index contributed by atoms with van der Waals surface area (Å²) in [7, 11) is -4.64. The van der Waals surface area contributed by atoms with Crippen molar-refractivity contribution < 1.29 is 24.0 Å². The molecule has 0 aromatic heterocycles. The molecule has 0 atom stereocenters. The molecule has 0 aliphatic rings. The Hall–Kier alpha value is -5.04. The van der Waals surface area contributed by atoms with Crippen molar-refractivity contribution in [1.82, 2.24) is 4.90 Å². The van der Waals surface area contributed by atoms with Crippen LogP contribution in [0.1, 0.15) is 30.5 Å². The van der Waals surface area contributed by atoms with Gasteiger partial charge >= 0.3 is 7.82 Å². The second-order valence-corrected chi connectivity index (χ2v) is 13.8. The molecule has 8 heteroatoms. The molecule has 6 nitrogen and oxygen atoms in total. The first-order valence-electron chi connectivity index (χ1n) is 17.9. The predicted octanol–water partition coefficient (Wildman–Crippen LogP) is 11.3. The number of nitrogens with zero attached hydrogens (tertiary/aromatic N) is 1. The van der Waals surface area contributed by atoms with Crippen LogP contribution in [0.25, 0.3) is 43.3 Å². The van der Waals surface area contributed by atoms with Crippen LogP contribution in [0.15, 0.2) is 170 Å². The summed E-state index contributed by atoms with van der Waals surface area (Å²) in [4.78, 5) is 23.9. The van der Waals surface area contributed by atoms with Crippen molar-refractivity contribution in [2.45, 2.75) is 13.8 Å². The molecule has 7 aromatic rings. The molecular weight excluding hydrogens is 713 g/mol. The zero-order valence-corrected chi connectivity index (χ0v) is 32.1. The van der Waals surface area contributed by atoms with Gasteiger partial charge in [0.2, 0.25) is 0 Å². The fraction of sp³-hybridized carbons (Fsp3) is 0.130. The fourth-order valence-corrected chi connectivity index (χ4v) is 6.57. The number of fused-ring (bicyclic) bond motifs is 2. The molecule has 0 aliphatic heterocycles. The Morgan fingerprint density at radius 3 is 1.44 bits per heavy atom. The second kappa shape index (κ2) is 19.9. The van der Waals surface area contributed by atoms with E-state index in [9.17, 15) is 0 Å². The van der Waals surface area contributed by atoms with Crippen molar-refractivity contribution in [3.63, 3.8) is 0 Å². The first kappa shape index (κ1) is 40.2. The molecule has 0 unspecified atom stereocenters. The van der Waals surface area contributed by atoms with Crippen molar-refractivity contribution in [2.24, 2.45) is 0 Å². The van der Waals surface area contributed by atoms with Crippen molar-refractivity contribution in [1.29, 1.82) is 0 Å². The number of likely N-dealkylation sites (N-methyl/N-ethyl adjacent to an activating group) is 1.